The van der Waals surface area contributed by atoms with Crippen molar-refractivity contribution in [3.8, 4) is 0 Å². The van der Waals surface area contributed by atoms with E-state index in [2.05, 4.69) is 62.3 Å². The lowest BCUT2D eigenvalue weighted by Crippen LogP contribution is -2.87. The zero-order valence-corrected chi connectivity index (χ0v) is 16.7. The molecular weight excluding hydrogens is 334 g/mol. The number of aryl methyl sites for hydroxylation is 1. The summed E-state index contributed by atoms with van der Waals surface area (Å²) >= 11 is 0. The van der Waals surface area contributed by atoms with Crippen molar-refractivity contribution in [2.45, 2.75) is 52.6 Å². The van der Waals surface area contributed by atoms with Gasteiger partial charge in [0.15, 0.2) is 5.82 Å². The SMILES string of the molecule is CCCc1ccc([C@H]([NH2+][C@H](C)c2nc3ccccc3c(=O)[nH]2)C(C)C)cc1. The molecule has 0 unspecified atom stereocenters. The fourth-order valence-corrected chi connectivity index (χ4v) is 3.64. The molecule has 0 fully saturated rings. The van der Waals surface area contributed by atoms with Gasteiger partial charge in [0.05, 0.1) is 10.9 Å². The molecule has 2 atom stereocenters. The summed E-state index contributed by atoms with van der Waals surface area (Å²) < 4.78 is 0. The van der Waals surface area contributed by atoms with Gasteiger partial charge in [-0.15, -0.1) is 0 Å². The van der Waals surface area contributed by atoms with E-state index in [4.69, 9.17) is 4.98 Å². The first kappa shape index (κ1) is 19.3. The molecule has 3 rings (SSSR count). The van der Waals surface area contributed by atoms with Crippen molar-refractivity contribution < 1.29 is 5.32 Å². The molecule has 0 aliphatic heterocycles. The van der Waals surface area contributed by atoms with E-state index < -0.39 is 0 Å². The molecule has 1 aromatic heterocycles. The maximum atomic E-state index is 12.4. The number of nitrogens with zero attached hydrogens (tertiary/aromatic N) is 1. The maximum absolute atomic E-state index is 12.4. The molecule has 1 heterocycles. The Labute approximate surface area is 161 Å². The normalized spacial score (nSPS) is 13.8. The van der Waals surface area contributed by atoms with Gasteiger partial charge in [0.1, 0.15) is 12.1 Å². The van der Waals surface area contributed by atoms with Crippen LogP contribution in [-0.4, -0.2) is 9.97 Å². The second kappa shape index (κ2) is 8.49. The van der Waals surface area contributed by atoms with Crippen molar-refractivity contribution in [3.63, 3.8) is 0 Å². The minimum atomic E-state index is -0.0686. The Morgan fingerprint density at radius 3 is 2.41 bits per heavy atom. The van der Waals surface area contributed by atoms with Gasteiger partial charge in [-0.2, -0.15) is 0 Å². The quantitative estimate of drug-likeness (QED) is 0.668. The van der Waals surface area contributed by atoms with Crippen molar-refractivity contribution in [2.24, 2.45) is 5.92 Å². The number of nitrogens with two attached hydrogens (primary N) is 1. The second-order valence-electron chi connectivity index (χ2n) is 7.71. The average Bonchev–Trinajstić information content (AvgIpc) is 2.66. The second-order valence-corrected chi connectivity index (χ2v) is 7.71. The molecule has 0 aliphatic carbocycles. The third-order valence-corrected chi connectivity index (χ3v) is 5.18. The molecule has 3 aromatic rings. The maximum Gasteiger partial charge on any atom is 0.258 e. The smallest absolute Gasteiger partial charge is 0.258 e. The molecular formula is C23H30N3O+. The summed E-state index contributed by atoms with van der Waals surface area (Å²) in [6, 6.07) is 16.8. The van der Waals surface area contributed by atoms with E-state index in [1.54, 1.807) is 0 Å². The number of aromatic amines is 1. The predicted octanol–water partition coefficient (Wildman–Crippen LogP) is 3.90. The fourth-order valence-electron chi connectivity index (χ4n) is 3.64. The zero-order valence-electron chi connectivity index (χ0n) is 16.7. The van der Waals surface area contributed by atoms with Crippen LogP contribution in [0.15, 0.2) is 53.3 Å². The van der Waals surface area contributed by atoms with E-state index in [1.807, 2.05) is 24.3 Å². The van der Waals surface area contributed by atoms with E-state index in [1.165, 1.54) is 11.1 Å². The van der Waals surface area contributed by atoms with Gasteiger partial charge < -0.3 is 10.3 Å². The molecule has 0 bridgehead atoms. The topological polar surface area (TPSA) is 62.4 Å². The number of para-hydroxylation sites is 1. The number of fused-ring (bicyclic) bond motifs is 1. The van der Waals surface area contributed by atoms with E-state index in [0.717, 1.165) is 24.2 Å². The van der Waals surface area contributed by atoms with E-state index in [-0.39, 0.29) is 11.6 Å². The lowest BCUT2D eigenvalue weighted by molar-refractivity contribution is -0.738. The number of rotatable bonds is 7. The largest absolute Gasteiger partial charge is 0.331 e. The highest BCUT2D eigenvalue weighted by Gasteiger charge is 2.24. The Kier molecular flexibility index (Phi) is 6.07. The Hall–Kier alpha value is -2.46. The summed E-state index contributed by atoms with van der Waals surface area (Å²) in [5.41, 5.74) is 3.39. The van der Waals surface area contributed by atoms with E-state index in [9.17, 15) is 4.79 Å². The van der Waals surface area contributed by atoms with Crippen molar-refractivity contribution in [1.82, 2.24) is 9.97 Å². The molecule has 27 heavy (non-hydrogen) atoms. The summed E-state index contributed by atoms with van der Waals surface area (Å²) in [6.45, 7) is 8.79. The van der Waals surface area contributed by atoms with Crippen molar-refractivity contribution in [3.05, 3.63) is 75.8 Å². The molecule has 0 aliphatic rings. The Bertz CT molecular complexity index is 944. The standard InChI is InChI=1S/C23H29N3O/c1-5-8-17-11-13-18(14-12-17)21(15(2)3)24-16(4)22-25-20-10-7-6-9-19(20)23(27)26-22/h6-7,9-16,21,24H,5,8H2,1-4H3,(H,25,26,27)/p+1/t16-,21-/m1/s1. The number of benzene rings is 2. The van der Waals surface area contributed by atoms with Crippen LogP contribution in [0.2, 0.25) is 0 Å². The minimum Gasteiger partial charge on any atom is -0.331 e. The van der Waals surface area contributed by atoms with Crippen molar-refractivity contribution in [1.29, 1.82) is 0 Å². The lowest BCUT2D eigenvalue weighted by atomic mass is 9.94. The predicted molar refractivity (Wildman–Crippen MR) is 111 cm³/mol. The van der Waals surface area contributed by atoms with Gasteiger partial charge in [0.25, 0.3) is 5.56 Å². The van der Waals surface area contributed by atoms with Crippen LogP contribution in [0.5, 0.6) is 0 Å². The first-order valence-corrected chi connectivity index (χ1v) is 9.92. The average molecular weight is 365 g/mol. The highest BCUT2D eigenvalue weighted by molar-refractivity contribution is 5.77. The summed E-state index contributed by atoms with van der Waals surface area (Å²) in [5.74, 6) is 1.20. The molecule has 4 nitrogen and oxygen atoms in total. The molecule has 2 aromatic carbocycles. The molecule has 0 amide bonds. The van der Waals surface area contributed by atoms with E-state index >= 15 is 0 Å². The summed E-state index contributed by atoms with van der Waals surface area (Å²) in [4.78, 5) is 20.1. The Morgan fingerprint density at radius 1 is 1.04 bits per heavy atom. The van der Waals surface area contributed by atoms with E-state index in [0.29, 0.717) is 17.3 Å². The molecule has 3 N–H and O–H groups in total. The first-order valence-electron chi connectivity index (χ1n) is 9.92. The van der Waals surface area contributed by atoms with Crippen LogP contribution in [0.25, 0.3) is 10.9 Å². The Morgan fingerprint density at radius 2 is 1.74 bits per heavy atom. The highest BCUT2D eigenvalue weighted by atomic mass is 16.1. The number of aromatic nitrogens is 2. The fraction of sp³-hybridized carbons (Fsp3) is 0.391. The van der Waals surface area contributed by atoms with Crippen LogP contribution in [0.1, 0.15) is 63.2 Å². The van der Waals surface area contributed by atoms with Crippen LogP contribution < -0.4 is 10.9 Å². The summed E-state index contributed by atoms with van der Waals surface area (Å²) in [7, 11) is 0. The number of nitrogens with one attached hydrogen (secondary N) is 1. The minimum absolute atomic E-state index is 0.0602. The summed E-state index contributed by atoms with van der Waals surface area (Å²) in [5, 5.41) is 2.95. The van der Waals surface area contributed by atoms with Gasteiger partial charge in [-0.3, -0.25) is 4.79 Å². The summed E-state index contributed by atoms with van der Waals surface area (Å²) in [6.07, 6.45) is 2.28. The molecule has 0 saturated carbocycles. The lowest BCUT2D eigenvalue weighted by Gasteiger charge is -2.23. The van der Waals surface area contributed by atoms with Gasteiger partial charge in [-0.05, 0) is 31.0 Å². The highest BCUT2D eigenvalue weighted by Crippen LogP contribution is 2.20. The number of H-pyrrole nitrogens is 1. The molecule has 4 heteroatoms. The van der Waals surface area contributed by atoms with Crippen molar-refractivity contribution in [2.75, 3.05) is 0 Å². The molecule has 0 radical (unpaired) electrons. The van der Waals surface area contributed by atoms with Gasteiger partial charge in [-0.25, -0.2) is 4.98 Å². The zero-order chi connectivity index (χ0) is 19.4. The van der Waals surface area contributed by atoms with Crippen LogP contribution in [0, 0.1) is 5.92 Å². The van der Waals surface area contributed by atoms with Gasteiger partial charge in [-0.1, -0.05) is 63.6 Å². The number of hydrogen-bond donors (Lipinski definition) is 2. The third kappa shape index (κ3) is 4.45. The van der Waals surface area contributed by atoms with Gasteiger partial charge in [0, 0.05) is 11.5 Å². The third-order valence-electron chi connectivity index (χ3n) is 5.18. The Balaban J connectivity index is 1.85. The first-order chi connectivity index (χ1) is 13.0. The van der Waals surface area contributed by atoms with Crippen LogP contribution in [-0.2, 0) is 6.42 Å². The molecule has 0 saturated heterocycles. The molecule has 0 spiro atoms. The van der Waals surface area contributed by atoms with Crippen molar-refractivity contribution >= 4 is 10.9 Å². The van der Waals surface area contributed by atoms with Gasteiger partial charge >= 0.3 is 0 Å². The van der Waals surface area contributed by atoms with Crippen LogP contribution >= 0.6 is 0 Å². The monoisotopic (exact) mass is 364 g/mol. The molecule has 142 valence electrons. The number of hydrogen-bond acceptors (Lipinski definition) is 2. The van der Waals surface area contributed by atoms with Gasteiger partial charge in [0.2, 0.25) is 0 Å². The van der Waals surface area contributed by atoms with Crippen LogP contribution in [0.3, 0.4) is 0 Å². The van der Waals surface area contributed by atoms with Crippen LogP contribution in [0.4, 0.5) is 0 Å². The number of quaternary nitrogens is 1.